The molecule has 0 heterocycles. The van der Waals surface area contributed by atoms with Crippen molar-refractivity contribution in [2.75, 3.05) is 18.5 Å². The fraction of sp³-hybridized carbons (Fsp3) is 0.538. The van der Waals surface area contributed by atoms with Crippen LogP contribution >= 0.6 is 11.6 Å². The SMILES string of the molecule is Cc1cc(Cl)c(N(C)CCCC(C)N)cc1F. The quantitative estimate of drug-likeness (QED) is 0.878. The highest BCUT2D eigenvalue weighted by Gasteiger charge is 2.09. The van der Waals surface area contributed by atoms with Gasteiger partial charge in [0.25, 0.3) is 0 Å². The van der Waals surface area contributed by atoms with Crippen molar-refractivity contribution in [3.8, 4) is 0 Å². The molecule has 0 radical (unpaired) electrons. The summed E-state index contributed by atoms with van der Waals surface area (Å²) in [4.78, 5) is 1.97. The largest absolute Gasteiger partial charge is 0.373 e. The fourth-order valence-electron chi connectivity index (χ4n) is 1.70. The summed E-state index contributed by atoms with van der Waals surface area (Å²) >= 11 is 6.10. The van der Waals surface area contributed by atoms with Gasteiger partial charge in [-0.05, 0) is 44.4 Å². The maximum absolute atomic E-state index is 13.5. The zero-order valence-electron chi connectivity index (χ0n) is 10.6. The van der Waals surface area contributed by atoms with Gasteiger partial charge in [0.1, 0.15) is 5.82 Å². The van der Waals surface area contributed by atoms with Gasteiger partial charge in [-0.25, -0.2) is 4.39 Å². The molecule has 1 rings (SSSR count). The molecule has 1 unspecified atom stereocenters. The molecule has 96 valence electrons. The zero-order valence-corrected chi connectivity index (χ0v) is 11.4. The van der Waals surface area contributed by atoms with Gasteiger partial charge in [-0.2, -0.15) is 0 Å². The van der Waals surface area contributed by atoms with Crippen molar-refractivity contribution >= 4 is 17.3 Å². The summed E-state index contributed by atoms with van der Waals surface area (Å²) in [6.07, 6.45) is 1.93. The highest BCUT2D eigenvalue weighted by molar-refractivity contribution is 6.33. The van der Waals surface area contributed by atoms with Crippen molar-refractivity contribution in [2.45, 2.75) is 32.7 Å². The molecule has 2 nitrogen and oxygen atoms in total. The van der Waals surface area contributed by atoms with Gasteiger partial charge in [-0.15, -0.1) is 0 Å². The molecule has 1 atom stereocenters. The van der Waals surface area contributed by atoms with Crippen molar-refractivity contribution in [1.82, 2.24) is 0 Å². The lowest BCUT2D eigenvalue weighted by Crippen LogP contribution is -2.22. The first kappa shape index (κ1) is 14.3. The van der Waals surface area contributed by atoms with Gasteiger partial charge in [0.15, 0.2) is 0 Å². The molecule has 0 spiro atoms. The number of halogens is 2. The molecule has 0 fully saturated rings. The van der Waals surface area contributed by atoms with E-state index in [-0.39, 0.29) is 11.9 Å². The molecule has 4 heteroatoms. The third-order valence-electron chi connectivity index (χ3n) is 2.79. The molecule has 0 amide bonds. The van der Waals surface area contributed by atoms with E-state index in [1.54, 1.807) is 13.0 Å². The van der Waals surface area contributed by atoms with Gasteiger partial charge in [-0.3, -0.25) is 0 Å². The summed E-state index contributed by atoms with van der Waals surface area (Å²) in [6.45, 7) is 4.52. The Morgan fingerprint density at radius 1 is 1.47 bits per heavy atom. The Bertz CT molecular complexity index is 380. The molecule has 0 aromatic heterocycles. The average molecular weight is 259 g/mol. The summed E-state index contributed by atoms with van der Waals surface area (Å²) in [7, 11) is 1.91. The van der Waals surface area contributed by atoms with E-state index in [0.29, 0.717) is 10.6 Å². The van der Waals surface area contributed by atoms with Crippen molar-refractivity contribution < 1.29 is 4.39 Å². The van der Waals surface area contributed by atoms with Crippen molar-refractivity contribution in [2.24, 2.45) is 5.73 Å². The number of aryl methyl sites for hydroxylation is 1. The molecule has 1 aromatic rings. The first-order chi connectivity index (χ1) is 7.91. The minimum absolute atomic E-state index is 0.202. The van der Waals surface area contributed by atoms with Crippen LogP contribution in [0.2, 0.25) is 5.02 Å². The van der Waals surface area contributed by atoms with Crippen LogP contribution in [0.15, 0.2) is 12.1 Å². The van der Waals surface area contributed by atoms with Gasteiger partial charge in [0, 0.05) is 19.6 Å². The average Bonchev–Trinajstić information content (AvgIpc) is 2.22. The Morgan fingerprint density at radius 3 is 2.71 bits per heavy atom. The van der Waals surface area contributed by atoms with E-state index in [1.165, 1.54) is 6.07 Å². The Morgan fingerprint density at radius 2 is 2.12 bits per heavy atom. The normalized spacial score (nSPS) is 12.6. The second-order valence-electron chi connectivity index (χ2n) is 4.59. The van der Waals surface area contributed by atoms with Crippen molar-refractivity contribution in [3.63, 3.8) is 0 Å². The molecular weight excluding hydrogens is 239 g/mol. The van der Waals surface area contributed by atoms with Crippen molar-refractivity contribution in [1.29, 1.82) is 0 Å². The number of nitrogens with two attached hydrogens (primary N) is 1. The molecular formula is C13H20ClFN2. The monoisotopic (exact) mass is 258 g/mol. The van der Waals surface area contributed by atoms with E-state index in [9.17, 15) is 4.39 Å². The van der Waals surface area contributed by atoms with E-state index in [1.807, 2.05) is 18.9 Å². The molecule has 0 aliphatic carbocycles. The van der Waals surface area contributed by atoms with Gasteiger partial charge < -0.3 is 10.6 Å². The van der Waals surface area contributed by atoms with Gasteiger partial charge in [-0.1, -0.05) is 11.6 Å². The van der Waals surface area contributed by atoms with E-state index in [2.05, 4.69) is 0 Å². The number of nitrogens with zero attached hydrogens (tertiary/aromatic N) is 1. The fourth-order valence-corrected chi connectivity index (χ4v) is 2.06. The molecule has 17 heavy (non-hydrogen) atoms. The van der Waals surface area contributed by atoms with Crippen molar-refractivity contribution in [3.05, 3.63) is 28.5 Å². The van der Waals surface area contributed by atoms with Gasteiger partial charge >= 0.3 is 0 Å². The zero-order chi connectivity index (χ0) is 13.0. The number of rotatable bonds is 5. The predicted octanol–water partition coefficient (Wildman–Crippen LogP) is 3.35. The Kier molecular flexibility index (Phi) is 5.22. The molecule has 0 saturated heterocycles. The highest BCUT2D eigenvalue weighted by atomic mass is 35.5. The lowest BCUT2D eigenvalue weighted by molar-refractivity contribution is 0.611. The number of benzene rings is 1. The van der Waals surface area contributed by atoms with Crippen LogP contribution in [0.25, 0.3) is 0 Å². The van der Waals surface area contributed by atoms with Gasteiger partial charge in [0.05, 0.1) is 10.7 Å². The van der Waals surface area contributed by atoms with E-state index in [0.717, 1.165) is 25.1 Å². The first-order valence-corrected chi connectivity index (χ1v) is 6.22. The summed E-state index contributed by atoms with van der Waals surface area (Å²) < 4.78 is 13.5. The minimum atomic E-state index is -0.219. The van der Waals surface area contributed by atoms with Crippen LogP contribution < -0.4 is 10.6 Å². The number of hydrogen-bond donors (Lipinski definition) is 1. The maximum Gasteiger partial charge on any atom is 0.128 e. The molecule has 0 aliphatic rings. The van der Waals surface area contributed by atoms with Crippen LogP contribution in [0.3, 0.4) is 0 Å². The second-order valence-corrected chi connectivity index (χ2v) is 5.00. The smallest absolute Gasteiger partial charge is 0.128 e. The molecule has 0 saturated carbocycles. The predicted molar refractivity (Wildman–Crippen MR) is 72.3 cm³/mol. The molecule has 0 aliphatic heterocycles. The van der Waals surface area contributed by atoms with Crippen LogP contribution in [0, 0.1) is 12.7 Å². The Balaban J connectivity index is 2.68. The van der Waals surface area contributed by atoms with Crippen LogP contribution in [0.4, 0.5) is 10.1 Å². The topological polar surface area (TPSA) is 29.3 Å². The van der Waals surface area contributed by atoms with Crippen LogP contribution in [-0.2, 0) is 0 Å². The van der Waals surface area contributed by atoms with E-state index >= 15 is 0 Å². The number of anilines is 1. The first-order valence-electron chi connectivity index (χ1n) is 5.84. The molecule has 2 N–H and O–H groups in total. The summed E-state index contributed by atoms with van der Waals surface area (Å²) in [5, 5.41) is 0.590. The van der Waals surface area contributed by atoms with Crippen LogP contribution in [0.5, 0.6) is 0 Å². The number of hydrogen-bond acceptors (Lipinski definition) is 2. The standard InChI is InChI=1S/C13H20ClFN2/c1-9-7-11(14)13(8-12(9)15)17(3)6-4-5-10(2)16/h7-8,10H,4-6,16H2,1-3H3. The van der Waals surface area contributed by atoms with E-state index < -0.39 is 0 Å². The summed E-state index contributed by atoms with van der Waals surface area (Å²) in [5.41, 5.74) is 6.99. The molecule has 0 bridgehead atoms. The highest BCUT2D eigenvalue weighted by Crippen LogP contribution is 2.28. The molecule has 1 aromatic carbocycles. The lowest BCUT2D eigenvalue weighted by Gasteiger charge is -2.21. The Hall–Kier alpha value is -0.800. The summed E-state index contributed by atoms with van der Waals surface area (Å²) in [5.74, 6) is -0.219. The van der Waals surface area contributed by atoms with Gasteiger partial charge in [0.2, 0.25) is 0 Å². The Labute approximate surface area is 108 Å². The third-order valence-corrected chi connectivity index (χ3v) is 3.10. The third kappa shape index (κ3) is 4.17. The second kappa shape index (κ2) is 6.22. The lowest BCUT2D eigenvalue weighted by atomic mass is 10.1. The van der Waals surface area contributed by atoms with E-state index in [4.69, 9.17) is 17.3 Å². The minimum Gasteiger partial charge on any atom is -0.373 e. The maximum atomic E-state index is 13.5. The van der Waals surface area contributed by atoms with Crippen LogP contribution in [0.1, 0.15) is 25.3 Å². The summed E-state index contributed by atoms with van der Waals surface area (Å²) in [6, 6.07) is 3.35. The van der Waals surface area contributed by atoms with Crippen LogP contribution in [-0.4, -0.2) is 19.6 Å².